The second-order valence-electron chi connectivity index (χ2n) is 2.44. The summed E-state index contributed by atoms with van der Waals surface area (Å²) < 4.78 is 0. The third kappa shape index (κ3) is 2.82. The minimum Gasteiger partial charge on any atom is -0.305 e. The quantitative estimate of drug-likeness (QED) is 0.550. The zero-order valence-electron chi connectivity index (χ0n) is 6.86. The Balaban J connectivity index is 3.50. The van der Waals surface area contributed by atoms with Gasteiger partial charge in [0.05, 0.1) is 6.17 Å². The maximum absolute atomic E-state index is 3.19. The van der Waals surface area contributed by atoms with Gasteiger partial charge in [0.2, 0.25) is 0 Å². The lowest BCUT2D eigenvalue weighted by molar-refractivity contribution is 0.347. The highest BCUT2D eigenvalue weighted by molar-refractivity contribution is 4.64. The van der Waals surface area contributed by atoms with Gasteiger partial charge in [-0.3, -0.25) is 0 Å². The molecule has 2 heteroatoms. The van der Waals surface area contributed by atoms with Crippen LogP contribution in [0, 0.1) is 5.92 Å². The summed E-state index contributed by atoms with van der Waals surface area (Å²) in [6, 6.07) is 0. The molecular weight excluding hydrogens is 112 g/mol. The second kappa shape index (κ2) is 4.77. The van der Waals surface area contributed by atoms with Crippen LogP contribution in [0.4, 0.5) is 0 Å². The first-order chi connectivity index (χ1) is 4.26. The van der Waals surface area contributed by atoms with Gasteiger partial charge in [-0.15, -0.1) is 0 Å². The number of rotatable bonds is 4. The van der Waals surface area contributed by atoms with E-state index in [9.17, 15) is 0 Å². The standard InChI is InChI=1S/C7H18N2/c1-5-6(2)7(8-3)9-4/h6-9H,5H2,1-4H3. The van der Waals surface area contributed by atoms with E-state index in [-0.39, 0.29) is 0 Å². The predicted molar refractivity (Wildman–Crippen MR) is 41.4 cm³/mol. The minimum absolute atomic E-state index is 0.468. The maximum Gasteiger partial charge on any atom is 0.0593 e. The van der Waals surface area contributed by atoms with Crippen molar-refractivity contribution in [3.63, 3.8) is 0 Å². The van der Waals surface area contributed by atoms with E-state index in [2.05, 4.69) is 24.5 Å². The monoisotopic (exact) mass is 130 g/mol. The Bertz CT molecular complexity index is 59.9. The molecule has 0 aromatic carbocycles. The Morgan fingerprint density at radius 2 is 1.67 bits per heavy atom. The number of hydrogen-bond donors (Lipinski definition) is 2. The first-order valence-electron chi connectivity index (χ1n) is 3.60. The molecule has 9 heavy (non-hydrogen) atoms. The molecule has 0 radical (unpaired) electrons. The van der Waals surface area contributed by atoms with Crippen LogP contribution in [0.3, 0.4) is 0 Å². The highest BCUT2D eigenvalue weighted by atomic mass is 15.1. The van der Waals surface area contributed by atoms with Gasteiger partial charge in [-0.25, -0.2) is 0 Å². The normalized spacial score (nSPS) is 14.3. The van der Waals surface area contributed by atoms with Crippen LogP contribution in [0.5, 0.6) is 0 Å². The average molecular weight is 130 g/mol. The van der Waals surface area contributed by atoms with E-state index in [1.54, 1.807) is 0 Å². The average Bonchev–Trinajstić information content (AvgIpc) is 1.90. The van der Waals surface area contributed by atoms with Crippen molar-refractivity contribution in [2.75, 3.05) is 14.1 Å². The Morgan fingerprint density at radius 3 is 1.78 bits per heavy atom. The van der Waals surface area contributed by atoms with Gasteiger partial charge in [0.1, 0.15) is 0 Å². The molecule has 1 unspecified atom stereocenters. The fourth-order valence-electron chi connectivity index (χ4n) is 0.949. The third-order valence-electron chi connectivity index (χ3n) is 1.83. The molecule has 0 saturated carbocycles. The fourth-order valence-corrected chi connectivity index (χ4v) is 0.949. The first kappa shape index (κ1) is 8.92. The van der Waals surface area contributed by atoms with E-state index >= 15 is 0 Å². The van der Waals surface area contributed by atoms with Crippen molar-refractivity contribution in [1.29, 1.82) is 0 Å². The summed E-state index contributed by atoms with van der Waals surface area (Å²) in [4.78, 5) is 0. The van der Waals surface area contributed by atoms with Crippen molar-refractivity contribution in [3.05, 3.63) is 0 Å². The minimum atomic E-state index is 0.468. The lowest BCUT2D eigenvalue weighted by atomic mass is 10.1. The Labute approximate surface area is 58.0 Å². The lowest BCUT2D eigenvalue weighted by Crippen LogP contribution is -2.42. The molecule has 0 saturated heterocycles. The van der Waals surface area contributed by atoms with E-state index in [1.807, 2.05) is 14.1 Å². The van der Waals surface area contributed by atoms with Gasteiger partial charge in [0.25, 0.3) is 0 Å². The Kier molecular flexibility index (Phi) is 4.72. The van der Waals surface area contributed by atoms with Crippen LogP contribution in [-0.2, 0) is 0 Å². The van der Waals surface area contributed by atoms with Crippen LogP contribution in [0.15, 0.2) is 0 Å². The van der Waals surface area contributed by atoms with E-state index in [1.165, 1.54) is 6.42 Å². The highest BCUT2D eigenvalue weighted by Crippen LogP contribution is 2.02. The molecule has 0 aromatic heterocycles. The van der Waals surface area contributed by atoms with Gasteiger partial charge < -0.3 is 10.6 Å². The highest BCUT2D eigenvalue weighted by Gasteiger charge is 2.08. The third-order valence-corrected chi connectivity index (χ3v) is 1.83. The van der Waals surface area contributed by atoms with Gasteiger partial charge in [0.15, 0.2) is 0 Å². The molecule has 0 amide bonds. The predicted octanol–water partition coefficient (Wildman–Crippen LogP) is 0.797. The smallest absolute Gasteiger partial charge is 0.0593 e. The van der Waals surface area contributed by atoms with E-state index in [0.717, 1.165) is 0 Å². The van der Waals surface area contributed by atoms with Crippen molar-refractivity contribution in [2.45, 2.75) is 26.4 Å². The molecule has 0 fully saturated rings. The summed E-state index contributed by atoms with van der Waals surface area (Å²) in [5, 5.41) is 6.38. The zero-order chi connectivity index (χ0) is 7.28. The van der Waals surface area contributed by atoms with Crippen LogP contribution in [-0.4, -0.2) is 20.3 Å². The summed E-state index contributed by atoms with van der Waals surface area (Å²) in [6.45, 7) is 4.43. The van der Waals surface area contributed by atoms with Gasteiger partial charge >= 0.3 is 0 Å². The molecule has 0 rings (SSSR count). The number of nitrogens with one attached hydrogen (secondary N) is 2. The molecule has 2 N–H and O–H groups in total. The van der Waals surface area contributed by atoms with E-state index in [4.69, 9.17) is 0 Å². The molecule has 2 nitrogen and oxygen atoms in total. The Hall–Kier alpha value is -0.0800. The molecule has 0 heterocycles. The van der Waals surface area contributed by atoms with Crippen LogP contribution in [0.25, 0.3) is 0 Å². The number of hydrogen-bond acceptors (Lipinski definition) is 2. The van der Waals surface area contributed by atoms with Crippen molar-refractivity contribution in [2.24, 2.45) is 5.92 Å². The first-order valence-corrected chi connectivity index (χ1v) is 3.60. The van der Waals surface area contributed by atoms with Gasteiger partial charge in [-0.2, -0.15) is 0 Å². The SMILES string of the molecule is CCC(C)C(NC)NC. The summed E-state index contributed by atoms with van der Waals surface area (Å²) in [5.41, 5.74) is 0. The lowest BCUT2D eigenvalue weighted by Gasteiger charge is -2.21. The van der Waals surface area contributed by atoms with Crippen LogP contribution >= 0.6 is 0 Å². The summed E-state index contributed by atoms with van der Waals surface area (Å²) >= 11 is 0. The molecule has 0 bridgehead atoms. The summed E-state index contributed by atoms with van der Waals surface area (Å²) in [7, 11) is 3.96. The molecule has 56 valence electrons. The topological polar surface area (TPSA) is 24.1 Å². The molecule has 1 atom stereocenters. The van der Waals surface area contributed by atoms with Crippen molar-refractivity contribution in [1.82, 2.24) is 10.6 Å². The largest absolute Gasteiger partial charge is 0.305 e. The van der Waals surface area contributed by atoms with Crippen molar-refractivity contribution >= 4 is 0 Å². The van der Waals surface area contributed by atoms with Crippen molar-refractivity contribution in [3.8, 4) is 0 Å². The van der Waals surface area contributed by atoms with Gasteiger partial charge in [0, 0.05) is 0 Å². The fraction of sp³-hybridized carbons (Fsp3) is 1.00. The van der Waals surface area contributed by atoms with Crippen LogP contribution < -0.4 is 10.6 Å². The van der Waals surface area contributed by atoms with Gasteiger partial charge in [-0.05, 0) is 20.0 Å². The van der Waals surface area contributed by atoms with Crippen LogP contribution in [0.1, 0.15) is 20.3 Å². The molecule has 0 aliphatic rings. The molecule has 0 aliphatic carbocycles. The van der Waals surface area contributed by atoms with E-state index < -0.39 is 0 Å². The molecule has 0 aromatic rings. The molecule has 0 spiro atoms. The second-order valence-corrected chi connectivity index (χ2v) is 2.44. The Morgan fingerprint density at radius 1 is 1.22 bits per heavy atom. The maximum atomic E-state index is 3.19. The van der Waals surface area contributed by atoms with Crippen LogP contribution in [0.2, 0.25) is 0 Å². The van der Waals surface area contributed by atoms with Crippen molar-refractivity contribution < 1.29 is 0 Å². The molecular formula is C7H18N2. The summed E-state index contributed by atoms with van der Waals surface area (Å²) in [5.74, 6) is 0.708. The molecule has 0 aliphatic heterocycles. The summed E-state index contributed by atoms with van der Waals surface area (Å²) in [6.07, 6.45) is 1.68. The zero-order valence-corrected chi connectivity index (χ0v) is 6.86. The van der Waals surface area contributed by atoms with E-state index in [0.29, 0.717) is 12.1 Å². The van der Waals surface area contributed by atoms with Gasteiger partial charge in [-0.1, -0.05) is 20.3 Å².